The fourth-order valence-corrected chi connectivity index (χ4v) is 1.18. The Kier molecular flexibility index (Phi) is 6.32. The molecule has 0 saturated heterocycles. The van der Waals surface area contributed by atoms with Gasteiger partial charge in [-0.2, -0.15) is 10.5 Å². The molecule has 0 aliphatic heterocycles. The van der Waals surface area contributed by atoms with E-state index in [1.807, 2.05) is 24.8 Å². The predicted molar refractivity (Wildman–Crippen MR) is 52.2 cm³/mol. The van der Waals surface area contributed by atoms with Gasteiger partial charge in [0.1, 0.15) is 5.38 Å². The highest BCUT2D eigenvalue weighted by molar-refractivity contribution is 6.22. The summed E-state index contributed by atoms with van der Waals surface area (Å²) in [4.78, 5) is 2.03. The van der Waals surface area contributed by atoms with E-state index in [1.54, 1.807) is 0 Å². The first-order chi connectivity index (χ1) is 6.11. The fourth-order valence-electron chi connectivity index (χ4n) is 1.00. The van der Waals surface area contributed by atoms with Crippen LogP contribution in [0.2, 0.25) is 0 Å². The number of hydrogen-bond donors (Lipinski definition) is 0. The first-order valence-electron chi connectivity index (χ1n) is 4.26. The largest absolute Gasteiger partial charge is 0.297 e. The first kappa shape index (κ1) is 12.2. The maximum Gasteiger partial charge on any atom is 0.133 e. The third-order valence-electron chi connectivity index (χ3n) is 1.78. The maximum atomic E-state index is 8.52. The van der Waals surface area contributed by atoms with Crippen molar-refractivity contribution in [1.82, 2.24) is 4.90 Å². The van der Waals surface area contributed by atoms with Gasteiger partial charge in [0.05, 0.1) is 12.1 Å². The topological polar surface area (TPSA) is 50.8 Å². The molecule has 0 N–H and O–H groups in total. The zero-order valence-corrected chi connectivity index (χ0v) is 8.75. The Bertz CT molecular complexity index is 214. The highest BCUT2D eigenvalue weighted by atomic mass is 35.5. The summed E-state index contributed by atoms with van der Waals surface area (Å²) in [6.07, 6.45) is 0.479. The summed E-state index contributed by atoms with van der Waals surface area (Å²) >= 11 is 5.70. The maximum absolute atomic E-state index is 8.52. The second kappa shape index (κ2) is 6.71. The van der Waals surface area contributed by atoms with E-state index in [1.165, 1.54) is 0 Å². The molecule has 0 aliphatic carbocycles. The lowest BCUT2D eigenvalue weighted by Gasteiger charge is -2.25. The minimum atomic E-state index is -0.485. The summed E-state index contributed by atoms with van der Waals surface area (Å²) in [5, 5.41) is 16.4. The zero-order valence-electron chi connectivity index (χ0n) is 8.00. The normalized spacial score (nSPS) is 12.5. The van der Waals surface area contributed by atoms with Crippen LogP contribution in [0.15, 0.2) is 0 Å². The molecule has 0 bridgehead atoms. The van der Waals surface area contributed by atoms with Gasteiger partial charge in [-0.25, -0.2) is 0 Å². The second-order valence-electron chi connectivity index (χ2n) is 3.09. The van der Waals surface area contributed by atoms with Gasteiger partial charge < -0.3 is 0 Å². The van der Waals surface area contributed by atoms with Crippen LogP contribution in [0.25, 0.3) is 0 Å². The molecule has 0 aromatic rings. The van der Waals surface area contributed by atoms with Gasteiger partial charge in [-0.05, 0) is 13.8 Å². The average molecular weight is 200 g/mol. The monoisotopic (exact) mass is 199 g/mol. The molecule has 3 nitrogen and oxygen atoms in total. The fraction of sp³-hybridized carbons (Fsp3) is 0.778. The van der Waals surface area contributed by atoms with Crippen LogP contribution in [0.3, 0.4) is 0 Å². The van der Waals surface area contributed by atoms with Gasteiger partial charge >= 0.3 is 0 Å². The Morgan fingerprint density at radius 2 is 2.00 bits per heavy atom. The van der Waals surface area contributed by atoms with Gasteiger partial charge in [-0.3, -0.25) is 4.90 Å². The molecule has 0 amide bonds. The molecule has 0 spiro atoms. The van der Waals surface area contributed by atoms with E-state index in [9.17, 15) is 0 Å². The molecule has 0 heterocycles. The number of rotatable bonds is 5. The van der Waals surface area contributed by atoms with Crippen LogP contribution in [-0.4, -0.2) is 29.4 Å². The second-order valence-corrected chi connectivity index (χ2v) is 3.62. The summed E-state index contributed by atoms with van der Waals surface area (Å²) in [5.41, 5.74) is 0. The van der Waals surface area contributed by atoms with Crippen molar-refractivity contribution < 1.29 is 0 Å². The number of nitrogens with zero attached hydrogens (tertiary/aromatic N) is 3. The quantitative estimate of drug-likeness (QED) is 0.634. The first-order valence-corrected chi connectivity index (χ1v) is 4.70. The molecule has 0 aliphatic rings. The van der Waals surface area contributed by atoms with Crippen LogP contribution in [0.5, 0.6) is 0 Å². The summed E-state index contributed by atoms with van der Waals surface area (Å²) in [7, 11) is 0. The van der Waals surface area contributed by atoms with Crippen LogP contribution in [0.1, 0.15) is 20.3 Å². The third kappa shape index (κ3) is 5.47. The van der Waals surface area contributed by atoms with Crippen LogP contribution in [-0.2, 0) is 0 Å². The van der Waals surface area contributed by atoms with E-state index in [-0.39, 0.29) is 0 Å². The highest BCUT2D eigenvalue weighted by Crippen LogP contribution is 2.04. The van der Waals surface area contributed by atoms with E-state index in [0.717, 1.165) is 0 Å². The van der Waals surface area contributed by atoms with Crippen molar-refractivity contribution in [3.05, 3.63) is 0 Å². The molecule has 0 saturated carbocycles. The lowest BCUT2D eigenvalue weighted by atomic mass is 10.2. The van der Waals surface area contributed by atoms with Crippen LogP contribution < -0.4 is 0 Å². The average Bonchev–Trinajstić information content (AvgIpc) is 2.11. The molecule has 1 unspecified atom stereocenters. The van der Waals surface area contributed by atoms with Gasteiger partial charge in [0.15, 0.2) is 0 Å². The summed E-state index contributed by atoms with van der Waals surface area (Å²) in [6, 6.07) is 4.37. The number of nitriles is 2. The molecule has 0 rings (SSSR count). The molecule has 0 radical (unpaired) electrons. The van der Waals surface area contributed by atoms with Gasteiger partial charge in [0.2, 0.25) is 0 Å². The lowest BCUT2D eigenvalue weighted by Crippen LogP contribution is -2.36. The van der Waals surface area contributed by atoms with Gasteiger partial charge in [-0.1, -0.05) is 0 Å². The summed E-state index contributed by atoms with van der Waals surface area (Å²) in [5.74, 6) is 0. The summed E-state index contributed by atoms with van der Waals surface area (Å²) in [6.45, 7) is 5.26. The Morgan fingerprint density at radius 3 is 2.38 bits per heavy atom. The minimum absolute atomic E-state index is 0.322. The molecular weight excluding hydrogens is 186 g/mol. The molecule has 0 aromatic carbocycles. The van der Waals surface area contributed by atoms with Gasteiger partial charge in [-0.15, -0.1) is 11.6 Å². The molecule has 0 aromatic heterocycles. The lowest BCUT2D eigenvalue weighted by molar-refractivity contribution is 0.233. The molecular formula is C9H14ClN3. The van der Waals surface area contributed by atoms with Crippen LogP contribution >= 0.6 is 11.6 Å². The molecule has 4 heteroatoms. The number of alkyl halides is 1. The van der Waals surface area contributed by atoms with Crippen molar-refractivity contribution in [2.45, 2.75) is 31.7 Å². The van der Waals surface area contributed by atoms with Crippen molar-refractivity contribution >= 4 is 11.6 Å². The number of halogens is 1. The Labute approximate surface area is 84.5 Å². The van der Waals surface area contributed by atoms with E-state index < -0.39 is 5.38 Å². The van der Waals surface area contributed by atoms with E-state index in [4.69, 9.17) is 22.1 Å². The van der Waals surface area contributed by atoms with Crippen LogP contribution in [0.4, 0.5) is 0 Å². The third-order valence-corrected chi connectivity index (χ3v) is 2.01. The smallest absolute Gasteiger partial charge is 0.133 e. The zero-order chi connectivity index (χ0) is 10.3. The van der Waals surface area contributed by atoms with Crippen molar-refractivity contribution in [3.8, 4) is 12.1 Å². The Balaban J connectivity index is 3.97. The SMILES string of the molecule is CC(C)N(CCC#N)CC(Cl)C#N. The minimum Gasteiger partial charge on any atom is -0.297 e. The summed E-state index contributed by atoms with van der Waals surface area (Å²) < 4.78 is 0. The van der Waals surface area contributed by atoms with Gasteiger partial charge in [0.25, 0.3) is 0 Å². The Hall–Kier alpha value is -0.770. The Morgan fingerprint density at radius 1 is 1.38 bits per heavy atom. The van der Waals surface area contributed by atoms with Crippen molar-refractivity contribution in [3.63, 3.8) is 0 Å². The predicted octanol–water partition coefficient (Wildman–Crippen LogP) is 1.74. The van der Waals surface area contributed by atoms with Crippen molar-refractivity contribution in [2.75, 3.05) is 13.1 Å². The standard InChI is InChI=1S/C9H14ClN3/c1-8(2)13(5-3-4-11)7-9(10)6-12/h8-9H,3,5,7H2,1-2H3. The molecule has 0 fully saturated rings. The highest BCUT2D eigenvalue weighted by Gasteiger charge is 2.13. The van der Waals surface area contributed by atoms with E-state index >= 15 is 0 Å². The molecule has 72 valence electrons. The van der Waals surface area contributed by atoms with E-state index in [2.05, 4.69) is 6.07 Å². The molecule has 1 atom stereocenters. The van der Waals surface area contributed by atoms with Gasteiger partial charge in [0, 0.05) is 25.6 Å². The molecule has 13 heavy (non-hydrogen) atoms. The van der Waals surface area contributed by atoms with Crippen LogP contribution in [0, 0.1) is 22.7 Å². The number of hydrogen-bond acceptors (Lipinski definition) is 3. The van der Waals surface area contributed by atoms with Crippen molar-refractivity contribution in [2.24, 2.45) is 0 Å². The van der Waals surface area contributed by atoms with Crippen molar-refractivity contribution in [1.29, 1.82) is 10.5 Å². The van der Waals surface area contributed by atoms with E-state index in [0.29, 0.717) is 25.6 Å².